The Balaban J connectivity index is 2.35. The fourth-order valence-electron chi connectivity index (χ4n) is 2.76. The van der Waals surface area contributed by atoms with Crippen LogP contribution in [0.4, 0.5) is 0 Å². The molecular formula is C18H17Cl2N5O. The SMILES string of the molecule is C=CO/C(=C\N)c1cn2c(-c3ccc(Cl)cc3Cl)c(CN)c(C)nc2n1. The zero-order chi connectivity index (χ0) is 18.8. The first-order chi connectivity index (χ1) is 12.5. The van der Waals surface area contributed by atoms with Gasteiger partial charge in [0.25, 0.3) is 0 Å². The fourth-order valence-corrected chi connectivity index (χ4v) is 3.26. The maximum absolute atomic E-state index is 6.44. The minimum atomic E-state index is 0.291. The van der Waals surface area contributed by atoms with Crippen molar-refractivity contribution in [3.63, 3.8) is 0 Å². The summed E-state index contributed by atoms with van der Waals surface area (Å²) >= 11 is 12.5. The van der Waals surface area contributed by atoms with Gasteiger partial charge in [0, 0.05) is 40.8 Å². The number of imidazole rings is 1. The van der Waals surface area contributed by atoms with Crippen molar-refractivity contribution in [1.29, 1.82) is 0 Å². The van der Waals surface area contributed by atoms with Gasteiger partial charge in [-0.2, -0.15) is 0 Å². The maximum Gasteiger partial charge on any atom is 0.235 e. The lowest BCUT2D eigenvalue weighted by atomic mass is 10.0. The van der Waals surface area contributed by atoms with Crippen molar-refractivity contribution in [3.05, 3.63) is 70.4 Å². The summed E-state index contributed by atoms with van der Waals surface area (Å²) in [4.78, 5) is 9.02. The summed E-state index contributed by atoms with van der Waals surface area (Å²) in [5, 5.41) is 1.06. The molecule has 26 heavy (non-hydrogen) atoms. The van der Waals surface area contributed by atoms with Crippen LogP contribution in [-0.4, -0.2) is 14.4 Å². The first-order valence-corrected chi connectivity index (χ1v) is 8.49. The predicted octanol–water partition coefficient (Wildman–Crippen LogP) is 3.89. The van der Waals surface area contributed by atoms with Crippen LogP contribution in [-0.2, 0) is 11.3 Å². The minimum absolute atomic E-state index is 0.291. The molecule has 2 aromatic heterocycles. The van der Waals surface area contributed by atoms with E-state index in [2.05, 4.69) is 16.5 Å². The number of nitrogens with zero attached hydrogens (tertiary/aromatic N) is 3. The van der Waals surface area contributed by atoms with Gasteiger partial charge in [-0.05, 0) is 25.1 Å². The number of ether oxygens (including phenoxy) is 1. The average molecular weight is 390 g/mol. The molecule has 8 heteroatoms. The van der Waals surface area contributed by atoms with Gasteiger partial charge in [0.15, 0.2) is 5.76 Å². The second-order valence-electron chi connectivity index (χ2n) is 5.46. The van der Waals surface area contributed by atoms with Gasteiger partial charge in [-0.3, -0.25) is 4.40 Å². The summed E-state index contributed by atoms with van der Waals surface area (Å²) in [6.45, 7) is 5.71. The molecule has 0 aliphatic heterocycles. The van der Waals surface area contributed by atoms with Crippen LogP contribution in [0, 0.1) is 6.92 Å². The normalized spacial score (nSPS) is 11.8. The number of halogens is 2. The zero-order valence-electron chi connectivity index (χ0n) is 14.0. The Morgan fingerprint density at radius 2 is 2.12 bits per heavy atom. The summed E-state index contributed by atoms with van der Waals surface area (Å²) in [5.74, 6) is 0.841. The van der Waals surface area contributed by atoms with Crippen LogP contribution >= 0.6 is 23.2 Å². The van der Waals surface area contributed by atoms with Gasteiger partial charge in [-0.15, -0.1) is 0 Å². The monoisotopic (exact) mass is 389 g/mol. The number of nitrogens with two attached hydrogens (primary N) is 2. The molecule has 6 nitrogen and oxygen atoms in total. The van der Waals surface area contributed by atoms with Crippen molar-refractivity contribution in [2.75, 3.05) is 0 Å². The van der Waals surface area contributed by atoms with E-state index in [1.54, 1.807) is 18.3 Å². The quantitative estimate of drug-likeness (QED) is 0.645. The lowest BCUT2D eigenvalue weighted by Crippen LogP contribution is -2.08. The highest BCUT2D eigenvalue weighted by molar-refractivity contribution is 6.36. The van der Waals surface area contributed by atoms with Gasteiger partial charge in [-0.25, -0.2) is 9.97 Å². The highest BCUT2D eigenvalue weighted by atomic mass is 35.5. The predicted molar refractivity (Wildman–Crippen MR) is 105 cm³/mol. The molecule has 0 saturated heterocycles. The van der Waals surface area contributed by atoms with Gasteiger partial charge >= 0.3 is 0 Å². The Hall–Kier alpha value is -2.54. The van der Waals surface area contributed by atoms with Gasteiger partial charge < -0.3 is 16.2 Å². The molecule has 0 unspecified atom stereocenters. The molecule has 3 aromatic rings. The Kier molecular flexibility index (Phi) is 5.18. The average Bonchev–Trinajstić information content (AvgIpc) is 3.02. The first kappa shape index (κ1) is 18.3. The van der Waals surface area contributed by atoms with E-state index in [4.69, 9.17) is 39.4 Å². The van der Waals surface area contributed by atoms with Crippen molar-refractivity contribution in [1.82, 2.24) is 14.4 Å². The molecule has 0 aliphatic carbocycles. The largest absolute Gasteiger partial charge is 0.462 e. The van der Waals surface area contributed by atoms with Gasteiger partial charge in [0.1, 0.15) is 5.69 Å². The fraction of sp³-hybridized carbons (Fsp3) is 0.111. The molecule has 2 heterocycles. The number of benzene rings is 1. The van der Waals surface area contributed by atoms with Crippen LogP contribution < -0.4 is 11.5 Å². The smallest absolute Gasteiger partial charge is 0.235 e. The highest BCUT2D eigenvalue weighted by Crippen LogP contribution is 2.34. The molecule has 1 aromatic carbocycles. The molecule has 0 radical (unpaired) electrons. The van der Waals surface area contributed by atoms with Gasteiger partial charge in [-0.1, -0.05) is 29.8 Å². The van der Waals surface area contributed by atoms with Crippen molar-refractivity contribution in [3.8, 4) is 11.3 Å². The van der Waals surface area contributed by atoms with E-state index in [9.17, 15) is 0 Å². The first-order valence-electron chi connectivity index (χ1n) is 7.74. The topological polar surface area (TPSA) is 91.5 Å². The Labute approximate surface area is 160 Å². The maximum atomic E-state index is 6.44. The lowest BCUT2D eigenvalue weighted by Gasteiger charge is -2.14. The highest BCUT2D eigenvalue weighted by Gasteiger charge is 2.19. The number of aromatic nitrogens is 3. The summed E-state index contributed by atoms with van der Waals surface area (Å²) in [7, 11) is 0. The summed E-state index contributed by atoms with van der Waals surface area (Å²) < 4.78 is 7.12. The molecule has 0 aliphatic rings. The number of rotatable bonds is 5. The molecule has 0 fully saturated rings. The third kappa shape index (κ3) is 3.14. The molecule has 134 valence electrons. The van der Waals surface area contributed by atoms with Gasteiger partial charge in [0.05, 0.1) is 17.0 Å². The van der Waals surface area contributed by atoms with E-state index < -0.39 is 0 Å². The van der Waals surface area contributed by atoms with E-state index in [0.29, 0.717) is 33.8 Å². The molecular weight excluding hydrogens is 373 g/mol. The van der Waals surface area contributed by atoms with E-state index in [1.165, 1.54) is 12.5 Å². The van der Waals surface area contributed by atoms with Crippen molar-refractivity contribution in [2.24, 2.45) is 11.5 Å². The molecule has 0 atom stereocenters. The molecule has 3 rings (SSSR count). The minimum Gasteiger partial charge on any atom is -0.462 e. The van der Waals surface area contributed by atoms with Crippen molar-refractivity contribution in [2.45, 2.75) is 13.5 Å². The van der Waals surface area contributed by atoms with E-state index in [0.717, 1.165) is 22.5 Å². The lowest BCUT2D eigenvalue weighted by molar-refractivity contribution is 0.435. The van der Waals surface area contributed by atoms with Crippen LogP contribution in [0.2, 0.25) is 10.0 Å². The number of fused-ring (bicyclic) bond motifs is 1. The van der Waals surface area contributed by atoms with E-state index >= 15 is 0 Å². The zero-order valence-corrected chi connectivity index (χ0v) is 15.6. The second-order valence-corrected chi connectivity index (χ2v) is 6.31. The van der Waals surface area contributed by atoms with Crippen molar-refractivity contribution >= 4 is 34.7 Å². The third-order valence-corrected chi connectivity index (χ3v) is 4.47. The van der Waals surface area contributed by atoms with Crippen LogP contribution in [0.15, 0.2) is 43.4 Å². The van der Waals surface area contributed by atoms with Crippen LogP contribution in [0.3, 0.4) is 0 Å². The molecule has 4 N–H and O–H groups in total. The Morgan fingerprint density at radius 3 is 2.73 bits per heavy atom. The summed E-state index contributed by atoms with van der Waals surface area (Å²) in [6.07, 6.45) is 4.36. The molecule has 0 saturated carbocycles. The standard InChI is InChI=1S/C18H17Cl2N5O/c1-3-26-16(8-22)15-9-25-17(12-5-4-11(19)6-14(12)20)13(7-21)10(2)23-18(25)24-15/h3-6,8-9H,1,7,21-22H2,2H3/b16-8-. The number of aryl methyl sites for hydroxylation is 1. The third-order valence-electron chi connectivity index (χ3n) is 3.92. The number of hydrogen-bond acceptors (Lipinski definition) is 5. The summed E-state index contributed by atoms with van der Waals surface area (Å²) in [5.41, 5.74) is 15.3. The van der Waals surface area contributed by atoms with E-state index in [-0.39, 0.29) is 0 Å². The van der Waals surface area contributed by atoms with Gasteiger partial charge in [0.2, 0.25) is 5.78 Å². The molecule has 0 spiro atoms. The Morgan fingerprint density at radius 1 is 1.35 bits per heavy atom. The molecule has 0 bridgehead atoms. The summed E-state index contributed by atoms with van der Waals surface area (Å²) in [6, 6.07) is 5.30. The van der Waals surface area contributed by atoms with Crippen LogP contribution in [0.25, 0.3) is 22.8 Å². The Bertz CT molecular complexity index is 1030. The van der Waals surface area contributed by atoms with Crippen molar-refractivity contribution < 1.29 is 4.74 Å². The number of hydrogen-bond donors (Lipinski definition) is 2. The van der Waals surface area contributed by atoms with Crippen LogP contribution in [0.5, 0.6) is 0 Å². The van der Waals surface area contributed by atoms with E-state index in [1.807, 2.05) is 17.4 Å². The van der Waals surface area contributed by atoms with Crippen LogP contribution in [0.1, 0.15) is 17.0 Å². The molecule has 0 amide bonds. The second kappa shape index (κ2) is 7.37.